The highest BCUT2D eigenvalue weighted by Gasteiger charge is 2.43. The number of hydrogen-bond acceptors (Lipinski definition) is 13. The minimum absolute atomic E-state index is 0.128. The molecular formula is C31H56N2O13. The Morgan fingerprint density at radius 3 is 1.59 bits per heavy atom. The fourth-order valence-electron chi connectivity index (χ4n) is 5.93. The van der Waals surface area contributed by atoms with Gasteiger partial charge < -0.3 is 61.0 Å². The molecule has 0 heterocycles. The number of unbranched alkanes of at least 4 members (excludes halogenated alkanes) is 3. The average molecular weight is 665 g/mol. The van der Waals surface area contributed by atoms with E-state index in [0.29, 0.717) is 51.5 Å². The van der Waals surface area contributed by atoms with Crippen LogP contribution in [0, 0.1) is 11.8 Å². The molecule has 2 saturated carbocycles. The molecule has 10 unspecified atom stereocenters. The number of hydrogen-bond donors (Lipinski definition) is 10. The summed E-state index contributed by atoms with van der Waals surface area (Å²) in [5.74, 6) is -1.72. The van der Waals surface area contributed by atoms with Gasteiger partial charge in [0, 0.05) is 57.6 Å². The standard InChI is InChI=1S/C31H56N2O13/c1-18(36)21(33-25(38)10-4-7-13-46-23-15-20(17-35)27(40)31(44)29(23)42)8-2-5-11-32-24(37)9-3-6-12-45-22-14-19(16-34)26(39)30(43)28(22)41/h19-23,26-31,34-35,39-44H,2-17H2,1H3,(H,32,37)(H,33,38)/t19?,20?,21-,22?,23?,26?,27?,28?,29?,30?,31?/m1/s1. The van der Waals surface area contributed by atoms with Gasteiger partial charge in [0.15, 0.2) is 5.78 Å². The summed E-state index contributed by atoms with van der Waals surface area (Å²) in [6.45, 7) is 1.66. The molecule has 2 amide bonds. The number of ketones is 1. The third kappa shape index (κ3) is 13.0. The Bertz CT molecular complexity index is 908. The Morgan fingerprint density at radius 1 is 0.652 bits per heavy atom. The van der Waals surface area contributed by atoms with Gasteiger partial charge in [-0.1, -0.05) is 0 Å². The minimum atomic E-state index is -1.40. The van der Waals surface area contributed by atoms with Crippen LogP contribution in [0.3, 0.4) is 0 Å². The zero-order valence-electron chi connectivity index (χ0n) is 26.8. The SMILES string of the molecule is CC(=O)[C@@H](CCCCNC(=O)CCCCOC1CC(CO)C(O)C(O)C1O)NC(=O)CCCCOC1CC(CO)C(O)C(O)C1O. The van der Waals surface area contributed by atoms with Crippen molar-refractivity contribution in [2.24, 2.45) is 11.8 Å². The van der Waals surface area contributed by atoms with Gasteiger partial charge in [-0.25, -0.2) is 0 Å². The molecule has 0 aliphatic heterocycles. The maximum Gasteiger partial charge on any atom is 0.220 e. The highest BCUT2D eigenvalue weighted by molar-refractivity contribution is 5.87. The Kier molecular flexibility index (Phi) is 18.6. The Hall–Kier alpha value is -1.79. The normalized spacial score (nSPS) is 32.1. The lowest BCUT2D eigenvalue weighted by atomic mass is 9.81. The van der Waals surface area contributed by atoms with Crippen LogP contribution < -0.4 is 10.6 Å². The van der Waals surface area contributed by atoms with Gasteiger partial charge in [0.1, 0.15) is 24.4 Å². The summed E-state index contributed by atoms with van der Waals surface area (Å²) in [7, 11) is 0. The van der Waals surface area contributed by atoms with Crippen molar-refractivity contribution < 1.29 is 64.7 Å². The molecule has 0 bridgehead atoms. The molecule has 0 aromatic carbocycles. The van der Waals surface area contributed by atoms with Crippen LogP contribution in [0.5, 0.6) is 0 Å². The average Bonchev–Trinajstić information content (AvgIpc) is 3.03. The van der Waals surface area contributed by atoms with E-state index in [1.54, 1.807) is 0 Å². The van der Waals surface area contributed by atoms with E-state index >= 15 is 0 Å². The maximum atomic E-state index is 12.4. The largest absolute Gasteiger partial charge is 0.396 e. The quantitative estimate of drug-likeness (QED) is 0.0578. The first-order chi connectivity index (χ1) is 21.9. The minimum Gasteiger partial charge on any atom is -0.396 e. The molecule has 0 spiro atoms. The van der Waals surface area contributed by atoms with E-state index in [2.05, 4.69) is 10.6 Å². The number of aliphatic hydroxyl groups is 8. The lowest BCUT2D eigenvalue weighted by molar-refractivity contribution is -0.178. The van der Waals surface area contributed by atoms with Gasteiger partial charge in [-0.15, -0.1) is 0 Å². The van der Waals surface area contributed by atoms with Gasteiger partial charge in [-0.05, 0) is 64.7 Å². The van der Waals surface area contributed by atoms with Crippen molar-refractivity contribution in [2.75, 3.05) is 33.0 Å². The summed E-state index contributed by atoms with van der Waals surface area (Å²) in [5, 5.41) is 84.1. The molecule has 2 fully saturated rings. The summed E-state index contributed by atoms with van der Waals surface area (Å²) >= 11 is 0. The second kappa shape index (κ2) is 21.2. The van der Waals surface area contributed by atoms with Gasteiger partial charge in [0.25, 0.3) is 0 Å². The summed E-state index contributed by atoms with van der Waals surface area (Å²) in [5.41, 5.74) is 0. The van der Waals surface area contributed by atoms with Crippen molar-refractivity contribution in [1.82, 2.24) is 10.6 Å². The van der Waals surface area contributed by atoms with Gasteiger partial charge >= 0.3 is 0 Å². The fraction of sp³-hybridized carbons (Fsp3) is 0.903. The summed E-state index contributed by atoms with van der Waals surface area (Å²) in [6.07, 6.45) is -4.52. The highest BCUT2D eigenvalue weighted by atomic mass is 16.5. The molecule has 10 N–H and O–H groups in total. The number of nitrogens with one attached hydrogen (secondary N) is 2. The number of carbonyl (C=O) groups excluding carboxylic acids is 3. The summed E-state index contributed by atoms with van der Waals surface area (Å²) in [4.78, 5) is 36.6. The van der Waals surface area contributed by atoms with E-state index < -0.39 is 66.7 Å². The van der Waals surface area contributed by atoms with E-state index in [1.165, 1.54) is 6.92 Å². The van der Waals surface area contributed by atoms with Crippen LogP contribution in [0.15, 0.2) is 0 Å². The molecule has 46 heavy (non-hydrogen) atoms. The van der Waals surface area contributed by atoms with Crippen LogP contribution in [0.2, 0.25) is 0 Å². The Labute approximate surface area is 270 Å². The second-order valence-electron chi connectivity index (χ2n) is 12.6. The maximum absolute atomic E-state index is 12.4. The van der Waals surface area contributed by atoms with Gasteiger partial charge in [-0.3, -0.25) is 14.4 Å². The zero-order chi connectivity index (χ0) is 34.2. The molecule has 268 valence electrons. The van der Waals surface area contributed by atoms with E-state index in [1.807, 2.05) is 0 Å². The van der Waals surface area contributed by atoms with E-state index in [9.17, 15) is 55.2 Å². The number of aliphatic hydroxyl groups excluding tert-OH is 8. The second-order valence-corrected chi connectivity index (χ2v) is 12.6. The molecule has 11 atom stereocenters. The van der Waals surface area contributed by atoms with Crippen LogP contribution in [-0.4, -0.2) is 146 Å². The lowest BCUT2D eigenvalue weighted by Gasteiger charge is -2.39. The fourth-order valence-corrected chi connectivity index (χ4v) is 5.93. The number of amides is 2. The molecule has 2 aliphatic rings. The van der Waals surface area contributed by atoms with Crippen LogP contribution >= 0.6 is 0 Å². The molecule has 2 rings (SSSR count). The first-order valence-electron chi connectivity index (χ1n) is 16.5. The lowest BCUT2D eigenvalue weighted by Crippen LogP contribution is -2.55. The van der Waals surface area contributed by atoms with Crippen LogP contribution in [0.25, 0.3) is 0 Å². The number of rotatable bonds is 21. The van der Waals surface area contributed by atoms with Crippen LogP contribution in [0.4, 0.5) is 0 Å². The van der Waals surface area contributed by atoms with Crippen LogP contribution in [0.1, 0.15) is 77.6 Å². The first kappa shape index (κ1) is 40.4. The molecule has 2 aliphatic carbocycles. The summed E-state index contributed by atoms with van der Waals surface area (Å²) in [6, 6.07) is -0.625. The van der Waals surface area contributed by atoms with Gasteiger partial charge in [0.05, 0.1) is 30.5 Å². The van der Waals surface area contributed by atoms with E-state index in [4.69, 9.17) is 9.47 Å². The zero-order valence-corrected chi connectivity index (χ0v) is 26.8. The van der Waals surface area contributed by atoms with Gasteiger partial charge in [0.2, 0.25) is 11.8 Å². The number of ether oxygens (including phenoxy) is 2. The highest BCUT2D eigenvalue weighted by Crippen LogP contribution is 2.29. The predicted octanol–water partition coefficient (Wildman–Crippen LogP) is -2.35. The third-order valence-electron chi connectivity index (χ3n) is 8.99. The Balaban J connectivity index is 1.52. The van der Waals surface area contributed by atoms with Crippen molar-refractivity contribution in [3.8, 4) is 0 Å². The molecule has 0 saturated heterocycles. The molecule has 15 heteroatoms. The number of carbonyl (C=O) groups is 3. The van der Waals surface area contributed by atoms with E-state index in [-0.39, 0.29) is 69.7 Å². The van der Waals surface area contributed by atoms with Crippen LogP contribution in [-0.2, 0) is 23.9 Å². The predicted molar refractivity (Wildman–Crippen MR) is 163 cm³/mol. The number of Topliss-reactive ketones (excluding diaryl/α,β-unsaturated/α-hetero) is 1. The summed E-state index contributed by atoms with van der Waals surface area (Å²) < 4.78 is 11.3. The van der Waals surface area contributed by atoms with Crippen molar-refractivity contribution in [1.29, 1.82) is 0 Å². The third-order valence-corrected chi connectivity index (χ3v) is 8.99. The first-order valence-corrected chi connectivity index (χ1v) is 16.5. The van der Waals surface area contributed by atoms with Crippen molar-refractivity contribution >= 4 is 17.6 Å². The molecule has 0 aromatic heterocycles. The van der Waals surface area contributed by atoms with E-state index in [0.717, 1.165) is 0 Å². The monoisotopic (exact) mass is 664 g/mol. The smallest absolute Gasteiger partial charge is 0.220 e. The van der Waals surface area contributed by atoms with Crippen molar-refractivity contribution in [3.63, 3.8) is 0 Å². The molecule has 15 nitrogen and oxygen atoms in total. The molecule has 0 radical (unpaired) electrons. The van der Waals surface area contributed by atoms with Crippen molar-refractivity contribution in [3.05, 3.63) is 0 Å². The molecule has 0 aromatic rings. The Morgan fingerprint density at radius 2 is 1.13 bits per heavy atom. The topological polar surface area (TPSA) is 256 Å². The van der Waals surface area contributed by atoms with Gasteiger partial charge in [-0.2, -0.15) is 0 Å². The van der Waals surface area contributed by atoms with Crippen molar-refractivity contribution in [2.45, 2.75) is 132 Å². The molecular weight excluding hydrogens is 608 g/mol.